The third kappa shape index (κ3) is 4.26. The van der Waals surface area contributed by atoms with Crippen LogP contribution in [-0.4, -0.2) is 66.2 Å². The number of amides is 1. The molecule has 0 saturated carbocycles. The van der Waals surface area contributed by atoms with E-state index < -0.39 is 0 Å². The second-order valence-electron chi connectivity index (χ2n) is 8.34. The highest BCUT2D eigenvalue weighted by atomic mass is 16.5. The molecule has 1 aromatic heterocycles. The van der Waals surface area contributed by atoms with E-state index in [0.717, 1.165) is 12.1 Å². The first-order chi connectivity index (χ1) is 13.8. The first-order valence-corrected chi connectivity index (χ1v) is 10.8. The average Bonchev–Trinajstić information content (AvgIpc) is 3.14. The minimum atomic E-state index is 0.200. The number of piperidine rings is 2. The number of hydrogen-bond donors (Lipinski definition) is 0. The molecule has 0 spiro atoms. The topological polar surface area (TPSA) is 37.7 Å². The molecule has 0 radical (unpaired) electrons. The maximum atomic E-state index is 13.2. The van der Waals surface area contributed by atoms with E-state index >= 15 is 0 Å². The Hall–Kier alpha value is -1.85. The summed E-state index contributed by atoms with van der Waals surface area (Å²) in [4.78, 5) is 18.0. The Morgan fingerprint density at radius 3 is 2.89 bits per heavy atom. The molecule has 2 unspecified atom stereocenters. The summed E-state index contributed by atoms with van der Waals surface area (Å²) < 4.78 is 7.39. The van der Waals surface area contributed by atoms with E-state index in [1.165, 1.54) is 50.6 Å². The maximum absolute atomic E-state index is 13.2. The lowest BCUT2D eigenvalue weighted by atomic mass is 9.83. The summed E-state index contributed by atoms with van der Waals surface area (Å²) in [5.41, 5.74) is 1.12. The van der Waals surface area contributed by atoms with Gasteiger partial charge in [-0.3, -0.25) is 4.79 Å². The van der Waals surface area contributed by atoms with Crippen molar-refractivity contribution in [1.82, 2.24) is 14.4 Å². The lowest BCUT2D eigenvalue weighted by Gasteiger charge is -2.45. The third-order valence-electron chi connectivity index (χ3n) is 6.59. The monoisotopic (exact) mass is 383 g/mol. The highest BCUT2D eigenvalue weighted by Gasteiger charge is 2.34. The van der Waals surface area contributed by atoms with Crippen LogP contribution in [0.4, 0.5) is 0 Å². The van der Waals surface area contributed by atoms with E-state index in [2.05, 4.69) is 32.6 Å². The number of carbonyl (C=O) groups excluding carboxylic acids is 1. The minimum Gasteiger partial charge on any atom is -0.383 e. The van der Waals surface area contributed by atoms with Gasteiger partial charge in [-0.25, -0.2) is 0 Å². The molecular formula is C23H33N3O2. The summed E-state index contributed by atoms with van der Waals surface area (Å²) in [6.07, 6.45) is 8.48. The highest BCUT2D eigenvalue weighted by Crippen LogP contribution is 2.31. The number of fused-ring (bicyclic) bond motifs is 2. The van der Waals surface area contributed by atoms with Crippen LogP contribution in [0.1, 0.15) is 32.1 Å². The normalized spacial score (nSPS) is 22.9. The number of aromatic nitrogens is 1. The molecule has 1 amide bonds. The standard InChI is InChI=1S/C23H33N3O2/c1-28-16-15-26(17-20-8-6-13-24-12-5-4-10-22(20)24)23(27)18-25-14-11-19-7-2-3-9-21(19)25/h2-3,7,9,11,14,20,22H,4-6,8,10,12-13,15-18H2,1H3. The molecule has 28 heavy (non-hydrogen) atoms. The molecular weight excluding hydrogens is 350 g/mol. The van der Waals surface area contributed by atoms with Crippen molar-refractivity contribution in [3.63, 3.8) is 0 Å². The second-order valence-corrected chi connectivity index (χ2v) is 8.34. The van der Waals surface area contributed by atoms with Gasteiger partial charge >= 0.3 is 0 Å². The van der Waals surface area contributed by atoms with E-state index in [0.29, 0.717) is 31.7 Å². The van der Waals surface area contributed by atoms with Crippen molar-refractivity contribution in [1.29, 1.82) is 0 Å². The number of methoxy groups -OCH3 is 1. The second kappa shape index (κ2) is 9.10. The Morgan fingerprint density at radius 2 is 2.00 bits per heavy atom. The summed E-state index contributed by atoms with van der Waals surface area (Å²) >= 11 is 0. The molecule has 0 aliphatic carbocycles. The van der Waals surface area contributed by atoms with Gasteiger partial charge in [-0.2, -0.15) is 0 Å². The molecule has 0 bridgehead atoms. The van der Waals surface area contributed by atoms with Gasteiger partial charge in [-0.15, -0.1) is 0 Å². The molecule has 2 aliphatic heterocycles. The minimum absolute atomic E-state index is 0.200. The summed E-state index contributed by atoms with van der Waals surface area (Å²) in [6, 6.07) is 11.0. The van der Waals surface area contributed by atoms with E-state index in [1.54, 1.807) is 7.11 Å². The van der Waals surface area contributed by atoms with Crippen molar-refractivity contribution >= 4 is 16.8 Å². The lowest BCUT2D eigenvalue weighted by molar-refractivity contribution is -0.133. The van der Waals surface area contributed by atoms with Crippen molar-refractivity contribution in [2.75, 3.05) is 39.9 Å². The molecule has 2 aromatic rings. The molecule has 5 nitrogen and oxygen atoms in total. The van der Waals surface area contributed by atoms with Gasteiger partial charge in [0.2, 0.25) is 5.91 Å². The predicted octanol–water partition coefficient (Wildman–Crippen LogP) is 3.38. The fourth-order valence-electron chi connectivity index (χ4n) is 5.12. The van der Waals surface area contributed by atoms with Gasteiger partial charge in [0.05, 0.1) is 6.61 Å². The Kier molecular flexibility index (Phi) is 6.33. The van der Waals surface area contributed by atoms with Gasteiger partial charge in [0.15, 0.2) is 0 Å². The van der Waals surface area contributed by atoms with Gasteiger partial charge in [-0.1, -0.05) is 24.6 Å². The largest absolute Gasteiger partial charge is 0.383 e. The zero-order valence-corrected chi connectivity index (χ0v) is 17.1. The van der Waals surface area contributed by atoms with Crippen molar-refractivity contribution in [2.45, 2.75) is 44.7 Å². The van der Waals surface area contributed by atoms with E-state index in [1.807, 2.05) is 18.3 Å². The number of rotatable bonds is 7. The Labute approximate surface area is 168 Å². The molecule has 1 aromatic carbocycles. The van der Waals surface area contributed by atoms with Crippen molar-refractivity contribution < 1.29 is 9.53 Å². The van der Waals surface area contributed by atoms with Crippen LogP contribution >= 0.6 is 0 Å². The van der Waals surface area contributed by atoms with E-state index in [4.69, 9.17) is 4.74 Å². The van der Waals surface area contributed by atoms with Gasteiger partial charge < -0.3 is 19.1 Å². The van der Waals surface area contributed by atoms with Crippen LogP contribution in [-0.2, 0) is 16.1 Å². The molecule has 5 heteroatoms. The third-order valence-corrected chi connectivity index (χ3v) is 6.59. The fourth-order valence-corrected chi connectivity index (χ4v) is 5.12. The molecule has 2 saturated heterocycles. The van der Waals surface area contributed by atoms with Crippen LogP contribution in [0.25, 0.3) is 10.9 Å². The number of carbonyl (C=O) groups is 1. The summed E-state index contributed by atoms with van der Waals surface area (Å²) in [5, 5.41) is 1.18. The van der Waals surface area contributed by atoms with Crippen LogP contribution in [0.15, 0.2) is 36.5 Å². The molecule has 152 valence electrons. The number of hydrogen-bond acceptors (Lipinski definition) is 3. The van der Waals surface area contributed by atoms with Gasteiger partial charge in [0.1, 0.15) is 6.54 Å². The Balaban J connectivity index is 1.46. The van der Waals surface area contributed by atoms with Crippen LogP contribution in [0.3, 0.4) is 0 Å². The van der Waals surface area contributed by atoms with Crippen molar-refractivity contribution in [3.8, 4) is 0 Å². The Bertz CT molecular complexity index is 785. The molecule has 2 aliphatic rings. The summed E-state index contributed by atoms with van der Waals surface area (Å²) in [5.74, 6) is 0.794. The number of benzene rings is 1. The number of ether oxygens (including phenoxy) is 1. The lowest BCUT2D eigenvalue weighted by Crippen LogP contribution is -2.52. The molecule has 4 rings (SSSR count). The fraction of sp³-hybridized carbons (Fsp3) is 0.609. The zero-order chi connectivity index (χ0) is 19.3. The quantitative estimate of drug-likeness (QED) is 0.736. The summed E-state index contributed by atoms with van der Waals surface area (Å²) in [7, 11) is 1.71. The van der Waals surface area contributed by atoms with Crippen LogP contribution < -0.4 is 0 Å². The van der Waals surface area contributed by atoms with Gasteiger partial charge in [0.25, 0.3) is 0 Å². The van der Waals surface area contributed by atoms with Crippen molar-refractivity contribution in [3.05, 3.63) is 36.5 Å². The molecule has 0 N–H and O–H groups in total. The van der Waals surface area contributed by atoms with E-state index in [-0.39, 0.29) is 5.91 Å². The molecule has 2 fully saturated rings. The molecule has 2 atom stereocenters. The number of nitrogens with zero attached hydrogens (tertiary/aromatic N) is 3. The van der Waals surface area contributed by atoms with Crippen LogP contribution in [0.2, 0.25) is 0 Å². The van der Waals surface area contributed by atoms with Gasteiger partial charge in [0, 0.05) is 38.0 Å². The maximum Gasteiger partial charge on any atom is 0.242 e. The first kappa shape index (κ1) is 19.5. The average molecular weight is 384 g/mol. The van der Waals surface area contributed by atoms with Crippen LogP contribution in [0, 0.1) is 5.92 Å². The number of para-hydroxylation sites is 1. The van der Waals surface area contributed by atoms with Crippen molar-refractivity contribution in [2.24, 2.45) is 5.92 Å². The van der Waals surface area contributed by atoms with E-state index in [9.17, 15) is 4.79 Å². The molecule has 3 heterocycles. The highest BCUT2D eigenvalue weighted by molar-refractivity contribution is 5.83. The predicted molar refractivity (Wildman–Crippen MR) is 112 cm³/mol. The Morgan fingerprint density at radius 1 is 1.14 bits per heavy atom. The zero-order valence-electron chi connectivity index (χ0n) is 17.1. The first-order valence-electron chi connectivity index (χ1n) is 10.8. The van der Waals surface area contributed by atoms with Gasteiger partial charge in [-0.05, 0) is 62.2 Å². The smallest absolute Gasteiger partial charge is 0.242 e. The SMILES string of the molecule is COCCN(CC1CCCN2CCCCC12)C(=O)Cn1ccc2ccccc21. The summed E-state index contributed by atoms with van der Waals surface area (Å²) in [6.45, 7) is 5.02. The van der Waals surface area contributed by atoms with Crippen LogP contribution in [0.5, 0.6) is 0 Å².